The van der Waals surface area contributed by atoms with Gasteiger partial charge in [0.1, 0.15) is 12.3 Å². The predicted molar refractivity (Wildman–Crippen MR) is 148 cm³/mol. The highest BCUT2D eigenvalue weighted by Gasteiger charge is 2.29. The van der Waals surface area contributed by atoms with Crippen molar-refractivity contribution in [2.45, 2.75) is 25.7 Å². The number of benzene rings is 2. The highest BCUT2D eigenvalue weighted by molar-refractivity contribution is 6.02. The lowest BCUT2D eigenvalue weighted by Crippen LogP contribution is -2.52. The van der Waals surface area contributed by atoms with E-state index in [0.717, 1.165) is 24.4 Å². The van der Waals surface area contributed by atoms with Crippen molar-refractivity contribution in [3.05, 3.63) is 59.7 Å². The first-order valence-electron chi connectivity index (χ1n) is 14.1. The van der Waals surface area contributed by atoms with Crippen LogP contribution in [0.15, 0.2) is 48.5 Å². The van der Waals surface area contributed by atoms with E-state index in [2.05, 4.69) is 4.90 Å². The van der Waals surface area contributed by atoms with Gasteiger partial charge in [0, 0.05) is 49.5 Å². The minimum atomic E-state index is -0.207. The van der Waals surface area contributed by atoms with Crippen molar-refractivity contribution in [1.82, 2.24) is 14.7 Å². The minimum Gasteiger partial charge on any atom is -0.494 e. The number of nitrogens with zero attached hydrogens (tertiary/aromatic N) is 4. The molecule has 0 bridgehead atoms. The molecule has 0 radical (unpaired) electrons. The SMILES string of the molecule is O=C(c1ccc(C(=O)N2CCN(c3ccc(OCCCN4CCCCC4)cc3)C(=O)C2)cc1)N1CCOCC1. The van der Waals surface area contributed by atoms with Gasteiger partial charge in [-0.1, -0.05) is 6.42 Å². The molecule has 3 amide bonds. The second kappa shape index (κ2) is 13.1. The second-order valence-corrected chi connectivity index (χ2v) is 10.4. The largest absolute Gasteiger partial charge is 0.494 e. The zero-order valence-corrected chi connectivity index (χ0v) is 22.6. The number of piperidine rings is 1. The van der Waals surface area contributed by atoms with Gasteiger partial charge in [0.25, 0.3) is 11.8 Å². The average molecular weight is 535 g/mol. The molecule has 9 heteroatoms. The molecule has 0 spiro atoms. The first-order chi connectivity index (χ1) is 19.1. The van der Waals surface area contributed by atoms with Crippen LogP contribution in [-0.4, -0.2) is 105 Å². The summed E-state index contributed by atoms with van der Waals surface area (Å²) in [7, 11) is 0. The predicted octanol–water partition coefficient (Wildman–Crippen LogP) is 2.90. The number of carbonyl (C=O) groups excluding carboxylic acids is 3. The van der Waals surface area contributed by atoms with Gasteiger partial charge in [-0.2, -0.15) is 0 Å². The third-order valence-electron chi connectivity index (χ3n) is 7.67. The summed E-state index contributed by atoms with van der Waals surface area (Å²) in [6.45, 7) is 7.25. The van der Waals surface area contributed by atoms with Gasteiger partial charge in [0.15, 0.2) is 0 Å². The fourth-order valence-electron chi connectivity index (χ4n) is 5.39. The number of likely N-dealkylation sites (tertiary alicyclic amines) is 1. The van der Waals surface area contributed by atoms with Crippen LogP contribution in [0.3, 0.4) is 0 Å². The zero-order valence-electron chi connectivity index (χ0n) is 22.6. The molecule has 0 aliphatic carbocycles. The van der Waals surface area contributed by atoms with Crippen molar-refractivity contribution in [3.8, 4) is 5.75 Å². The highest BCUT2D eigenvalue weighted by Crippen LogP contribution is 2.22. The fraction of sp³-hybridized carbons (Fsp3) is 0.500. The lowest BCUT2D eigenvalue weighted by Gasteiger charge is -2.34. The molecule has 2 aromatic rings. The topological polar surface area (TPSA) is 82.6 Å². The van der Waals surface area contributed by atoms with Gasteiger partial charge in [-0.15, -0.1) is 0 Å². The second-order valence-electron chi connectivity index (χ2n) is 10.4. The third kappa shape index (κ3) is 6.96. The van der Waals surface area contributed by atoms with Gasteiger partial charge in [-0.25, -0.2) is 0 Å². The van der Waals surface area contributed by atoms with Crippen molar-refractivity contribution in [1.29, 1.82) is 0 Å². The summed E-state index contributed by atoms with van der Waals surface area (Å²) in [5.41, 5.74) is 1.82. The molecule has 3 aliphatic heterocycles. The van der Waals surface area contributed by atoms with Crippen molar-refractivity contribution >= 4 is 23.4 Å². The van der Waals surface area contributed by atoms with Gasteiger partial charge < -0.3 is 29.1 Å². The third-order valence-corrected chi connectivity index (χ3v) is 7.67. The summed E-state index contributed by atoms with van der Waals surface area (Å²) in [5, 5.41) is 0. The number of rotatable bonds is 8. The number of hydrogen-bond donors (Lipinski definition) is 0. The Bertz CT molecular complexity index is 1130. The molecule has 3 saturated heterocycles. The van der Waals surface area contributed by atoms with Gasteiger partial charge in [0.2, 0.25) is 5.91 Å². The van der Waals surface area contributed by atoms with Gasteiger partial charge in [0.05, 0.1) is 19.8 Å². The average Bonchev–Trinajstić information content (AvgIpc) is 3.00. The Labute approximate surface area is 230 Å². The molecule has 208 valence electrons. The van der Waals surface area contributed by atoms with E-state index in [0.29, 0.717) is 57.1 Å². The van der Waals surface area contributed by atoms with Crippen LogP contribution in [0.1, 0.15) is 46.4 Å². The van der Waals surface area contributed by atoms with Crippen molar-refractivity contribution in [2.24, 2.45) is 0 Å². The van der Waals surface area contributed by atoms with Gasteiger partial charge in [-0.05, 0) is 80.9 Å². The molecular formula is C30H38N4O5. The van der Waals surface area contributed by atoms with E-state index in [4.69, 9.17) is 9.47 Å². The van der Waals surface area contributed by atoms with Crippen LogP contribution in [0, 0.1) is 0 Å². The van der Waals surface area contributed by atoms with Crippen LogP contribution in [0.5, 0.6) is 5.75 Å². The van der Waals surface area contributed by atoms with Crippen molar-refractivity contribution in [2.75, 3.05) is 77.1 Å². The van der Waals surface area contributed by atoms with Crippen LogP contribution >= 0.6 is 0 Å². The fourth-order valence-corrected chi connectivity index (χ4v) is 5.39. The Kier molecular flexibility index (Phi) is 9.11. The van der Waals surface area contributed by atoms with Crippen LogP contribution < -0.4 is 9.64 Å². The summed E-state index contributed by atoms with van der Waals surface area (Å²) in [5.74, 6) is 0.412. The maximum atomic E-state index is 13.1. The normalized spacial score (nSPS) is 18.8. The van der Waals surface area contributed by atoms with Crippen molar-refractivity contribution in [3.63, 3.8) is 0 Å². The van der Waals surface area contributed by atoms with E-state index in [9.17, 15) is 14.4 Å². The molecule has 3 fully saturated rings. The molecule has 3 heterocycles. The Morgan fingerprint density at radius 1 is 0.744 bits per heavy atom. The lowest BCUT2D eigenvalue weighted by atomic mass is 10.1. The minimum absolute atomic E-state index is 0.0159. The number of morpholine rings is 1. The first-order valence-corrected chi connectivity index (χ1v) is 14.1. The monoisotopic (exact) mass is 534 g/mol. The maximum Gasteiger partial charge on any atom is 0.254 e. The smallest absolute Gasteiger partial charge is 0.254 e. The first kappa shape index (κ1) is 27.1. The summed E-state index contributed by atoms with van der Waals surface area (Å²) >= 11 is 0. The van der Waals surface area contributed by atoms with E-state index in [1.807, 2.05) is 24.3 Å². The molecule has 3 aliphatic rings. The van der Waals surface area contributed by atoms with Gasteiger partial charge in [-0.3, -0.25) is 14.4 Å². The maximum absolute atomic E-state index is 13.1. The molecule has 2 aromatic carbocycles. The summed E-state index contributed by atoms with van der Waals surface area (Å²) < 4.78 is 11.2. The number of hydrogen-bond acceptors (Lipinski definition) is 6. The standard InChI is InChI=1S/C30H38N4O5/c35-28-23-33(30(37)25-7-5-24(6-8-25)29(36)32-18-21-38-22-19-32)16-17-34(28)26-9-11-27(12-10-26)39-20-4-15-31-13-2-1-3-14-31/h5-12H,1-4,13-23H2. The van der Waals surface area contributed by atoms with E-state index in [1.165, 1.54) is 32.4 Å². The summed E-state index contributed by atoms with van der Waals surface area (Å²) in [6.07, 6.45) is 4.95. The molecule has 5 rings (SSSR count). The zero-order chi connectivity index (χ0) is 27.0. The summed E-state index contributed by atoms with van der Waals surface area (Å²) in [6, 6.07) is 14.3. The molecule has 0 saturated carbocycles. The number of anilines is 1. The molecule has 39 heavy (non-hydrogen) atoms. The van der Waals surface area contributed by atoms with E-state index in [1.54, 1.807) is 39.0 Å². The number of carbonyl (C=O) groups is 3. The molecular weight excluding hydrogens is 496 g/mol. The van der Waals surface area contributed by atoms with Gasteiger partial charge >= 0.3 is 0 Å². The Morgan fingerprint density at radius 2 is 1.38 bits per heavy atom. The van der Waals surface area contributed by atoms with Crippen molar-refractivity contribution < 1.29 is 23.9 Å². The Morgan fingerprint density at radius 3 is 2.03 bits per heavy atom. The van der Waals surface area contributed by atoms with E-state index in [-0.39, 0.29) is 24.3 Å². The van der Waals surface area contributed by atoms with Crippen LogP contribution in [0.25, 0.3) is 0 Å². The number of ether oxygens (including phenoxy) is 2. The quantitative estimate of drug-likeness (QED) is 0.485. The Balaban J connectivity index is 1.09. The van der Waals surface area contributed by atoms with E-state index >= 15 is 0 Å². The van der Waals surface area contributed by atoms with Crippen LogP contribution in [0.2, 0.25) is 0 Å². The number of piperazine rings is 1. The molecule has 9 nitrogen and oxygen atoms in total. The van der Waals surface area contributed by atoms with Crippen LogP contribution in [-0.2, 0) is 9.53 Å². The lowest BCUT2D eigenvalue weighted by molar-refractivity contribution is -0.120. The molecule has 0 N–H and O–H groups in total. The highest BCUT2D eigenvalue weighted by atomic mass is 16.5. The number of amides is 3. The molecule has 0 atom stereocenters. The molecule has 0 aromatic heterocycles. The van der Waals surface area contributed by atoms with E-state index < -0.39 is 0 Å². The Hall–Kier alpha value is -3.43. The van der Waals surface area contributed by atoms with Crippen LogP contribution in [0.4, 0.5) is 5.69 Å². The molecule has 0 unspecified atom stereocenters. The summed E-state index contributed by atoms with van der Waals surface area (Å²) in [4.78, 5) is 46.2.